The number of furan rings is 1. The van der Waals surface area contributed by atoms with E-state index >= 15 is 0 Å². The van der Waals surface area contributed by atoms with E-state index in [-0.39, 0.29) is 5.78 Å². The lowest BCUT2D eigenvalue weighted by molar-refractivity contribution is 0.0934. The average molecular weight is 257 g/mol. The molecule has 1 aliphatic rings. The van der Waals surface area contributed by atoms with Gasteiger partial charge in [0.15, 0.2) is 11.5 Å². The molecule has 2 rings (SSSR count). The third-order valence-corrected chi connectivity index (χ3v) is 3.44. The summed E-state index contributed by atoms with van der Waals surface area (Å²) >= 11 is 3.30. The average Bonchev–Trinajstić information content (AvgIpc) is 2.75. The second-order valence-electron chi connectivity index (χ2n) is 3.88. The summed E-state index contributed by atoms with van der Waals surface area (Å²) in [6, 6.07) is 1.77. The summed E-state index contributed by atoms with van der Waals surface area (Å²) in [7, 11) is 0. The molecule has 76 valence electrons. The van der Waals surface area contributed by atoms with Crippen molar-refractivity contribution in [2.45, 2.75) is 32.1 Å². The van der Waals surface area contributed by atoms with Crippen LogP contribution in [0.15, 0.2) is 21.2 Å². The molecule has 1 fully saturated rings. The van der Waals surface area contributed by atoms with Gasteiger partial charge in [-0.1, -0.05) is 25.7 Å². The van der Waals surface area contributed by atoms with E-state index in [0.29, 0.717) is 18.1 Å². The molecule has 3 heteroatoms. The summed E-state index contributed by atoms with van der Waals surface area (Å²) in [5.74, 6) is 1.20. The lowest BCUT2D eigenvalue weighted by Gasteiger charge is -2.05. The number of hydrogen-bond donors (Lipinski definition) is 0. The highest BCUT2D eigenvalue weighted by Gasteiger charge is 2.22. The van der Waals surface area contributed by atoms with Gasteiger partial charge in [0, 0.05) is 6.42 Å². The van der Waals surface area contributed by atoms with Gasteiger partial charge in [-0.25, -0.2) is 0 Å². The van der Waals surface area contributed by atoms with Crippen molar-refractivity contribution in [2.24, 2.45) is 5.92 Å². The number of halogens is 1. The first-order valence-electron chi connectivity index (χ1n) is 5.03. The minimum Gasteiger partial charge on any atom is -0.460 e. The molecule has 1 aromatic heterocycles. The molecule has 0 aromatic carbocycles. The zero-order valence-electron chi connectivity index (χ0n) is 7.96. The van der Waals surface area contributed by atoms with E-state index in [0.717, 1.165) is 4.47 Å². The zero-order chi connectivity index (χ0) is 9.97. The first-order valence-corrected chi connectivity index (χ1v) is 5.83. The minimum atomic E-state index is 0.133. The molecule has 1 aromatic rings. The van der Waals surface area contributed by atoms with E-state index in [4.69, 9.17) is 4.42 Å². The van der Waals surface area contributed by atoms with E-state index in [1.807, 2.05) is 0 Å². The smallest absolute Gasteiger partial charge is 0.199 e. The van der Waals surface area contributed by atoms with Gasteiger partial charge in [-0.2, -0.15) is 0 Å². The number of Topliss-reactive ketones (excluding diaryl/α,β-unsaturated/α-hetero) is 1. The number of hydrogen-bond acceptors (Lipinski definition) is 2. The van der Waals surface area contributed by atoms with Crippen molar-refractivity contribution < 1.29 is 9.21 Å². The molecule has 0 saturated heterocycles. The molecule has 0 bridgehead atoms. The summed E-state index contributed by atoms with van der Waals surface area (Å²) in [5, 5.41) is 0. The van der Waals surface area contributed by atoms with Crippen LogP contribution in [0.4, 0.5) is 0 Å². The van der Waals surface area contributed by atoms with Gasteiger partial charge in [0.1, 0.15) is 0 Å². The third kappa shape index (κ3) is 2.08. The maximum absolute atomic E-state index is 11.8. The summed E-state index contributed by atoms with van der Waals surface area (Å²) in [6.07, 6.45) is 7.14. The van der Waals surface area contributed by atoms with Gasteiger partial charge in [-0.3, -0.25) is 4.79 Å². The summed E-state index contributed by atoms with van der Waals surface area (Å²) in [6.45, 7) is 0. The van der Waals surface area contributed by atoms with Gasteiger partial charge < -0.3 is 4.42 Å². The Kier molecular flexibility index (Phi) is 3.06. The zero-order valence-corrected chi connectivity index (χ0v) is 9.55. The first kappa shape index (κ1) is 9.97. The van der Waals surface area contributed by atoms with Crippen LogP contribution in [-0.4, -0.2) is 5.78 Å². The van der Waals surface area contributed by atoms with Gasteiger partial charge in [0.25, 0.3) is 0 Å². The molecule has 1 heterocycles. The highest BCUT2D eigenvalue weighted by atomic mass is 79.9. The SMILES string of the molecule is O=C(CC1CCCC1)c1occc1Br. The van der Waals surface area contributed by atoms with Gasteiger partial charge in [-0.15, -0.1) is 0 Å². The summed E-state index contributed by atoms with van der Waals surface area (Å²) < 4.78 is 5.92. The predicted octanol–water partition coefficient (Wildman–Crippen LogP) is 3.81. The van der Waals surface area contributed by atoms with Gasteiger partial charge >= 0.3 is 0 Å². The Hall–Kier alpha value is -0.570. The maximum atomic E-state index is 11.8. The van der Waals surface area contributed by atoms with Crippen LogP contribution in [0.2, 0.25) is 0 Å². The highest BCUT2D eigenvalue weighted by molar-refractivity contribution is 9.10. The largest absolute Gasteiger partial charge is 0.460 e. The Labute approximate surface area is 91.8 Å². The first-order chi connectivity index (χ1) is 6.77. The van der Waals surface area contributed by atoms with E-state index in [9.17, 15) is 4.79 Å². The van der Waals surface area contributed by atoms with Crippen LogP contribution in [0.3, 0.4) is 0 Å². The molecule has 0 N–H and O–H groups in total. The molecule has 0 aliphatic heterocycles. The Morgan fingerprint density at radius 2 is 2.21 bits per heavy atom. The predicted molar refractivity (Wildman–Crippen MR) is 57.3 cm³/mol. The molecule has 1 aliphatic carbocycles. The van der Waals surface area contributed by atoms with Crippen LogP contribution < -0.4 is 0 Å². The molecule has 14 heavy (non-hydrogen) atoms. The van der Waals surface area contributed by atoms with Gasteiger partial charge in [-0.05, 0) is 27.9 Å². The molecule has 0 unspecified atom stereocenters. The number of rotatable bonds is 3. The molecular formula is C11H13BrO2. The molecule has 2 nitrogen and oxygen atoms in total. The van der Waals surface area contributed by atoms with Crippen molar-refractivity contribution in [1.29, 1.82) is 0 Å². The second-order valence-corrected chi connectivity index (χ2v) is 4.73. The van der Waals surface area contributed by atoms with E-state index in [1.165, 1.54) is 25.7 Å². The fraction of sp³-hybridized carbons (Fsp3) is 0.545. The van der Waals surface area contributed by atoms with Crippen molar-refractivity contribution in [2.75, 3.05) is 0 Å². The Bertz CT molecular complexity index is 324. The van der Waals surface area contributed by atoms with Crippen molar-refractivity contribution >= 4 is 21.7 Å². The molecule has 0 radical (unpaired) electrons. The number of carbonyl (C=O) groups is 1. The minimum absolute atomic E-state index is 0.133. The van der Waals surface area contributed by atoms with Crippen molar-refractivity contribution in [1.82, 2.24) is 0 Å². The van der Waals surface area contributed by atoms with Gasteiger partial charge in [0.05, 0.1) is 10.7 Å². The van der Waals surface area contributed by atoms with E-state index in [1.54, 1.807) is 12.3 Å². The van der Waals surface area contributed by atoms with Crippen LogP contribution in [-0.2, 0) is 0 Å². The van der Waals surface area contributed by atoms with Crippen molar-refractivity contribution in [3.63, 3.8) is 0 Å². The van der Waals surface area contributed by atoms with E-state index < -0.39 is 0 Å². The molecule has 0 amide bonds. The molecule has 0 atom stereocenters. The topological polar surface area (TPSA) is 30.2 Å². The fourth-order valence-corrected chi connectivity index (χ4v) is 2.48. The standard InChI is InChI=1S/C11H13BrO2/c12-9-5-6-14-11(9)10(13)7-8-3-1-2-4-8/h5-6,8H,1-4,7H2. The fourth-order valence-electron chi connectivity index (χ4n) is 2.06. The lowest BCUT2D eigenvalue weighted by atomic mass is 10.0. The Morgan fingerprint density at radius 1 is 1.50 bits per heavy atom. The Morgan fingerprint density at radius 3 is 2.79 bits per heavy atom. The van der Waals surface area contributed by atoms with Crippen molar-refractivity contribution in [3.05, 3.63) is 22.6 Å². The monoisotopic (exact) mass is 256 g/mol. The number of carbonyl (C=O) groups excluding carboxylic acids is 1. The normalized spacial score (nSPS) is 17.5. The van der Waals surface area contributed by atoms with Crippen LogP contribution in [0.5, 0.6) is 0 Å². The van der Waals surface area contributed by atoms with E-state index in [2.05, 4.69) is 15.9 Å². The Balaban J connectivity index is 1.98. The molecule has 1 saturated carbocycles. The van der Waals surface area contributed by atoms with Crippen molar-refractivity contribution in [3.8, 4) is 0 Å². The quantitative estimate of drug-likeness (QED) is 0.771. The summed E-state index contributed by atoms with van der Waals surface area (Å²) in [4.78, 5) is 11.8. The van der Waals surface area contributed by atoms with Crippen LogP contribution in [0, 0.1) is 5.92 Å². The van der Waals surface area contributed by atoms with Crippen LogP contribution in [0.1, 0.15) is 42.7 Å². The maximum Gasteiger partial charge on any atom is 0.199 e. The second kappa shape index (κ2) is 4.30. The summed E-state index contributed by atoms with van der Waals surface area (Å²) in [5.41, 5.74) is 0. The number of ketones is 1. The van der Waals surface area contributed by atoms with Crippen LogP contribution >= 0.6 is 15.9 Å². The third-order valence-electron chi connectivity index (χ3n) is 2.82. The molecule has 0 spiro atoms. The van der Waals surface area contributed by atoms with Crippen LogP contribution in [0.25, 0.3) is 0 Å². The highest BCUT2D eigenvalue weighted by Crippen LogP contribution is 2.30. The molecular weight excluding hydrogens is 244 g/mol. The lowest BCUT2D eigenvalue weighted by Crippen LogP contribution is -2.05. The van der Waals surface area contributed by atoms with Gasteiger partial charge in [0.2, 0.25) is 0 Å².